The van der Waals surface area contributed by atoms with Gasteiger partial charge in [0, 0.05) is 0 Å². The zero-order valence-electron chi connectivity index (χ0n) is 11.1. The number of amides is 4. The third-order valence-electron chi connectivity index (χ3n) is 3.17. The number of nitrogens with one attached hydrogen (secondary N) is 2. The molecule has 5 heteroatoms. The van der Waals surface area contributed by atoms with E-state index < -0.39 is 23.3 Å². The van der Waals surface area contributed by atoms with E-state index in [9.17, 15) is 14.4 Å². The Bertz CT molecular complexity index is 366. The van der Waals surface area contributed by atoms with Gasteiger partial charge < -0.3 is 0 Å². The largest absolute Gasteiger partial charge is 0.328 e. The Morgan fingerprint density at radius 3 is 2.17 bits per heavy atom. The SMILES string of the molecule is CC=CCC1(CCC(C)C)C(=O)NC(=O)NC1=O. The summed E-state index contributed by atoms with van der Waals surface area (Å²) >= 11 is 0. The molecule has 5 nitrogen and oxygen atoms in total. The minimum absolute atomic E-state index is 0.321. The second kappa shape index (κ2) is 5.80. The standard InChI is InChI=1S/C13H20N2O3/c1-4-5-7-13(8-6-9(2)3)10(16)14-12(18)15-11(13)17/h4-5,9H,6-8H2,1-3H3,(H2,14,15,16,17,18). The average molecular weight is 252 g/mol. The number of rotatable bonds is 5. The monoisotopic (exact) mass is 252 g/mol. The number of allylic oxidation sites excluding steroid dienone is 2. The van der Waals surface area contributed by atoms with E-state index >= 15 is 0 Å². The first-order valence-corrected chi connectivity index (χ1v) is 6.20. The Hall–Kier alpha value is -1.65. The van der Waals surface area contributed by atoms with Crippen molar-refractivity contribution >= 4 is 17.8 Å². The summed E-state index contributed by atoms with van der Waals surface area (Å²) in [6, 6.07) is -0.731. The van der Waals surface area contributed by atoms with Crippen LogP contribution in [0.1, 0.15) is 40.0 Å². The van der Waals surface area contributed by atoms with Crippen molar-refractivity contribution in [2.45, 2.75) is 40.0 Å². The summed E-state index contributed by atoms with van der Waals surface area (Å²) in [7, 11) is 0. The zero-order valence-corrected chi connectivity index (χ0v) is 11.1. The summed E-state index contributed by atoms with van der Waals surface area (Å²) in [5, 5.41) is 4.38. The maximum Gasteiger partial charge on any atom is 0.328 e. The second-order valence-corrected chi connectivity index (χ2v) is 5.03. The van der Waals surface area contributed by atoms with Crippen molar-refractivity contribution in [3.63, 3.8) is 0 Å². The van der Waals surface area contributed by atoms with Crippen LogP contribution in [-0.4, -0.2) is 17.8 Å². The summed E-state index contributed by atoms with van der Waals surface area (Å²) in [5.41, 5.74) is -1.15. The fourth-order valence-corrected chi connectivity index (χ4v) is 1.95. The van der Waals surface area contributed by atoms with Gasteiger partial charge in [-0.25, -0.2) is 4.79 Å². The van der Waals surface area contributed by atoms with E-state index in [4.69, 9.17) is 0 Å². The van der Waals surface area contributed by atoms with Crippen molar-refractivity contribution in [2.24, 2.45) is 11.3 Å². The van der Waals surface area contributed by atoms with Crippen LogP contribution in [0.4, 0.5) is 4.79 Å². The fourth-order valence-electron chi connectivity index (χ4n) is 1.95. The first-order chi connectivity index (χ1) is 8.42. The van der Waals surface area contributed by atoms with E-state index in [1.807, 2.05) is 20.8 Å². The third kappa shape index (κ3) is 2.97. The molecule has 0 spiro atoms. The molecule has 1 fully saturated rings. The fraction of sp³-hybridized carbons (Fsp3) is 0.615. The van der Waals surface area contributed by atoms with Gasteiger partial charge in [-0.2, -0.15) is 0 Å². The molecule has 0 unspecified atom stereocenters. The first kappa shape index (κ1) is 14.4. The van der Waals surface area contributed by atoms with Crippen LogP contribution >= 0.6 is 0 Å². The van der Waals surface area contributed by atoms with Crippen molar-refractivity contribution in [1.29, 1.82) is 0 Å². The Labute approximate surface area is 107 Å². The predicted molar refractivity (Wildman–Crippen MR) is 67.6 cm³/mol. The Morgan fingerprint density at radius 1 is 1.17 bits per heavy atom. The summed E-state index contributed by atoms with van der Waals surface area (Å²) in [6.45, 7) is 5.90. The molecule has 100 valence electrons. The van der Waals surface area contributed by atoms with Crippen molar-refractivity contribution in [2.75, 3.05) is 0 Å². The highest BCUT2D eigenvalue weighted by molar-refractivity contribution is 6.19. The lowest BCUT2D eigenvalue weighted by atomic mass is 9.75. The maximum absolute atomic E-state index is 12.0. The van der Waals surface area contributed by atoms with Crippen LogP contribution in [-0.2, 0) is 9.59 Å². The lowest BCUT2D eigenvalue weighted by Gasteiger charge is -2.33. The van der Waals surface area contributed by atoms with Crippen LogP contribution in [0.5, 0.6) is 0 Å². The number of carbonyl (C=O) groups excluding carboxylic acids is 3. The van der Waals surface area contributed by atoms with Crippen molar-refractivity contribution < 1.29 is 14.4 Å². The van der Waals surface area contributed by atoms with Gasteiger partial charge in [-0.1, -0.05) is 26.0 Å². The van der Waals surface area contributed by atoms with E-state index in [1.54, 1.807) is 12.2 Å². The van der Waals surface area contributed by atoms with Crippen molar-refractivity contribution in [3.05, 3.63) is 12.2 Å². The van der Waals surface area contributed by atoms with Gasteiger partial charge in [0.15, 0.2) is 0 Å². The van der Waals surface area contributed by atoms with Gasteiger partial charge in [-0.3, -0.25) is 20.2 Å². The molecule has 1 rings (SSSR count). The molecule has 4 amide bonds. The average Bonchev–Trinajstić information content (AvgIpc) is 2.27. The van der Waals surface area contributed by atoms with Crippen LogP contribution in [0.3, 0.4) is 0 Å². The number of hydrogen-bond acceptors (Lipinski definition) is 3. The number of barbiturate groups is 1. The molecule has 2 N–H and O–H groups in total. The van der Waals surface area contributed by atoms with E-state index in [0.717, 1.165) is 6.42 Å². The van der Waals surface area contributed by atoms with Crippen LogP contribution in [0.25, 0.3) is 0 Å². The summed E-state index contributed by atoms with van der Waals surface area (Å²) in [4.78, 5) is 35.2. The molecule has 0 radical (unpaired) electrons. The molecular weight excluding hydrogens is 232 g/mol. The number of urea groups is 1. The molecule has 0 aromatic carbocycles. The molecule has 0 atom stereocenters. The predicted octanol–water partition coefficient (Wildman–Crippen LogP) is 1.74. The summed E-state index contributed by atoms with van der Waals surface area (Å²) in [5.74, 6) is -0.587. The highest BCUT2D eigenvalue weighted by Gasteiger charge is 2.48. The van der Waals surface area contributed by atoms with Crippen molar-refractivity contribution in [1.82, 2.24) is 10.6 Å². The smallest absolute Gasteiger partial charge is 0.277 e. The van der Waals surface area contributed by atoms with Crippen LogP contribution in [0.15, 0.2) is 12.2 Å². The molecule has 0 saturated carbocycles. The van der Waals surface area contributed by atoms with Gasteiger partial charge >= 0.3 is 6.03 Å². The summed E-state index contributed by atoms with van der Waals surface area (Å²) < 4.78 is 0. The zero-order chi connectivity index (χ0) is 13.8. The second-order valence-electron chi connectivity index (χ2n) is 5.03. The molecule has 1 aliphatic heterocycles. The number of hydrogen-bond donors (Lipinski definition) is 2. The first-order valence-electron chi connectivity index (χ1n) is 6.20. The Kier molecular flexibility index (Phi) is 4.64. The molecule has 0 aliphatic carbocycles. The highest BCUT2D eigenvalue weighted by atomic mass is 16.2. The molecule has 0 aromatic heterocycles. The molecule has 0 bridgehead atoms. The van der Waals surface area contributed by atoms with E-state index in [0.29, 0.717) is 18.8 Å². The van der Waals surface area contributed by atoms with E-state index in [-0.39, 0.29) is 0 Å². The van der Waals surface area contributed by atoms with E-state index in [2.05, 4.69) is 10.6 Å². The Morgan fingerprint density at radius 2 is 1.72 bits per heavy atom. The molecule has 1 saturated heterocycles. The van der Waals surface area contributed by atoms with Crippen LogP contribution < -0.4 is 10.6 Å². The molecule has 0 aromatic rings. The topological polar surface area (TPSA) is 75.3 Å². The van der Waals surface area contributed by atoms with Gasteiger partial charge in [-0.05, 0) is 32.1 Å². The highest BCUT2D eigenvalue weighted by Crippen LogP contribution is 2.33. The normalized spacial score (nSPS) is 19.2. The van der Waals surface area contributed by atoms with Gasteiger partial charge in [-0.15, -0.1) is 0 Å². The lowest BCUT2D eigenvalue weighted by molar-refractivity contribution is -0.144. The van der Waals surface area contributed by atoms with Gasteiger partial charge in [0.05, 0.1) is 0 Å². The lowest BCUT2D eigenvalue weighted by Crippen LogP contribution is -2.62. The maximum atomic E-state index is 12.0. The van der Waals surface area contributed by atoms with Crippen LogP contribution in [0, 0.1) is 11.3 Å². The summed E-state index contributed by atoms with van der Waals surface area (Å²) in [6.07, 6.45) is 5.11. The minimum atomic E-state index is -1.15. The molecule has 1 heterocycles. The molecule has 18 heavy (non-hydrogen) atoms. The van der Waals surface area contributed by atoms with Gasteiger partial charge in [0.2, 0.25) is 11.8 Å². The van der Waals surface area contributed by atoms with Crippen LogP contribution in [0.2, 0.25) is 0 Å². The molecule has 1 aliphatic rings. The van der Waals surface area contributed by atoms with Gasteiger partial charge in [0.25, 0.3) is 0 Å². The third-order valence-corrected chi connectivity index (χ3v) is 3.17. The van der Waals surface area contributed by atoms with Crippen molar-refractivity contribution in [3.8, 4) is 0 Å². The Balaban J connectivity index is 2.97. The number of carbonyl (C=O) groups is 3. The molecular formula is C13H20N2O3. The van der Waals surface area contributed by atoms with E-state index in [1.165, 1.54) is 0 Å². The number of imide groups is 2. The minimum Gasteiger partial charge on any atom is -0.277 e. The van der Waals surface area contributed by atoms with Gasteiger partial charge in [0.1, 0.15) is 5.41 Å². The quantitative estimate of drug-likeness (QED) is 0.578.